The van der Waals surface area contributed by atoms with Crippen LogP contribution in [0.25, 0.3) is 0 Å². The molecule has 5 atom stereocenters. The minimum absolute atomic E-state index is 0.000381. The van der Waals surface area contributed by atoms with Crippen molar-refractivity contribution in [3.05, 3.63) is 0 Å². The third-order valence-corrected chi connectivity index (χ3v) is 7.12. The first kappa shape index (κ1) is 12.0. The molecule has 0 radical (unpaired) electrons. The molecule has 2 bridgehead atoms. The lowest BCUT2D eigenvalue weighted by atomic mass is 9.61. The zero-order valence-electron chi connectivity index (χ0n) is 11.7. The Balaban J connectivity index is 1.82. The van der Waals surface area contributed by atoms with Crippen LogP contribution in [0.15, 0.2) is 0 Å². The van der Waals surface area contributed by atoms with Gasteiger partial charge < -0.3 is 5.11 Å². The molecule has 3 aliphatic carbocycles. The predicted molar refractivity (Wildman–Crippen MR) is 70.7 cm³/mol. The second-order valence-corrected chi connectivity index (χ2v) is 7.80. The van der Waals surface area contributed by atoms with Gasteiger partial charge in [-0.25, -0.2) is 0 Å². The van der Waals surface area contributed by atoms with Crippen molar-refractivity contribution < 1.29 is 5.11 Å². The van der Waals surface area contributed by atoms with Crippen LogP contribution in [0.3, 0.4) is 0 Å². The molecule has 0 aromatic carbocycles. The van der Waals surface area contributed by atoms with Crippen molar-refractivity contribution in [2.75, 3.05) is 0 Å². The third kappa shape index (κ3) is 1.54. The highest BCUT2D eigenvalue weighted by Gasteiger charge is 2.62. The average Bonchev–Trinajstić information content (AvgIpc) is 2.61. The largest absolute Gasteiger partial charge is 0.393 e. The first-order valence-corrected chi connectivity index (χ1v) is 7.63. The highest BCUT2D eigenvalue weighted by molar-refractivity contribution is 5.11. The van der Waals surface area contributed by atoms with Crippen molar-refractivity contribution in [3.63, 3.8) is 0 Å². The normalized spacial score (nSPS) is 52.9. The van der Waals surface area contributed by atoms with E-state index in [2.05, 4.69) is 20.8 Å². The summed E-state index contributed by atoms with van der Waals surface area (Å²) in [7, 11) is 0. The van der Waals surface area contributed by atoms with Gasteiger partial charge in [0.05, 0.1) is 6.10 Å². The average molecular weight is 236 g/mol. The molecule has 3 saturated carbocycles. The molecule has 0 spiro atoms. The van der Waals surface area contributed by atoms with Crippen LogP contribution >= 0.6 is 0 Å². The Bertz CT molecular complexity index is 309. The maximum Gasteiger partial charge on any atom is 0.0543 e. The molecular formula is C16H28O. The molecule has 0 heterocycles. The summed E-state index contributed by atoms with van der Waals surface area (Å²) in [6, 6.07) is 0. The van der Waals surface area contributed by atoms with Crippen molar-refractivity contribution in [1.82, 2.24) is 0 Å². The van der Waals surface area contributed by atoms with Gasteiger partial charge in [-0.3, -0.25) is 0 Å². The summed E-state index contributed by atoms with van der Waals surface area (Å²) >= 11 is 0. The van der Waals surface area contributed by atoms with E-state index in [4.69, 9.17) is 0 Å². The van der Waals surface area contributed by atoms with Gasteiger partial charge in [-0.2, -0.15) is 0 Å². The van der Waals surface area contributed by atoms with Crippen LogP contribution in [0.2, 0.25) is 0 Å². The van der Waals surface area contributed by atoms with Crippen LogP contribution < -0.4 is 0 Å². The Morgan fingerprint density at radius 2 is 1.76 bits per heavy atom. The highest BCUT2D eigenvalue weighted by atomic mass is 16.3. The van der Waals surface area contributed by atoms with E-state index in [1.54, 1.807) is 0 Å². The molecule has 4 unspecified atom stereocenters. The van der Waals surface area contributed by atoms with Crippen LogP contribution in [0.1, 0.15) is 65.7 Å². The summed E-state index contributed by atoms with van der Waals surface area (Å²) in [5, 5.41) is 9.92. The molecule has 0 aromatic heterocycles. The summed E-state index contributed by atoms with van der Waals surface area (Å²) in [6.07, 6.45) is 9.09. The Hall–Kier alpha value is -0.0400. The van der Waals surface area contributed by atoms with Gasteiger partial charge in [0.2, 0.25) is 0 Å². The van der Waals surface area contributed by atoms with Gasteiger partial charge in [-0.1, -0.05) is 27.2 Å². The van der Waals surface area contributed by atoms with E-state index < -0.39 is 0 Å². The fraction of sp³-hybridized carbons (Fsp3) is 1.00. The topological polar surface area (TPSA) is 20.2 Å². The maximum atomic E-state index is 9.92. The summed E-state index contributed by atoms with van der Waals surface area (Å²) < 4.78 is 0. The molecule has 0 amide bonds. The zero-order chi connectivity index (χ0) is 12.3. The van der Waals surface area contributed by atoms with Crippen LogP contribution in [-0.4, -0.2) is 11.2 Å². The van der Waals surface area contributed by atoms with Gasteiger partial charge in [0, 0.05) is 0 Å². The molecular weight excluding hydrogens is 208 g/mol. The number of aliphatic hydroxyl groups excluding tert-OH is 1. The van der Waals surface area contributed by atoms with Crippen molar-refractivity contribution in [2.45, 2.75) is 71.8 Å². The Labute approximate surface area is 106 Å². The molecule has 3 rings (SSSR count). The van der Waals surface area contributed by atoms with E-state index >= 15 is 0 Å². The number of fused-ring (bicyclic) bond motifs is 2. The predicted octanol–water partition coefficient (Wildman–Crippen LogP) is 4.00. The van der Waals surface area contributed by atoms with Gasteiger partial charge in [-0.15, -0.1) is 0 Å². The van der Waals surface area contributed by atoms with Gasteiger partial charge in [0.25, 0.3) is 0 Å². The van der Waals surface area contributed by atoms with Gasteiger partial charge in [-0.05, 0) is 67.1 Å². The molecule has 3 fully saturated rings. The molecule has 1 nitrogen and oxygen atoms in total. The van der Waals surface area contributed by atoms with E-state index in [1.165, 1.54) is 32.1 Å². The smallest absolute Gasteiger partial charge is 0.0543 e. The number of aliphatic hydroxyl groups is 1. The number of rotatable bonds is 1. The summed E-state index contributed by atoms with van der Waals surface area (Å²) in [5.74, 6) is 2.66. The molecule has 1 N–H and O–H groups in total. The van der Waals surface area contributed by atoms with Crippen LogP contribution in [0.4, 0.5) is 0 Å². The first-order valence-electron chi connectivity index (χ1n) is 7.63. The zero-order valence-corrected chi connectivity index (χ0v) is 11.7. The van der Waals surface area contributed by atoms with E-state index in [1.807, 2.05) is 0 Å². The van der Waals surface area contributed by atoms with E-state index in [-0.39, 0.29) is 6.10 Å². The SMILES string of the molecule is CC1(C)C2CC[C@@]1(C)C(C1CCCC(O)C1)C2. The van der Waals surface area contributed by atoms with Crippen LogP contribution in [0, 0.1) is 28.6 Å². The molecule has 17 heavy (non-hydrogen) atoms. The van der Waals surface area contributed by atoms with Crippen LogP contribution in [-0.2, 0) is 0 Å². The summed E-state index contributed by atoms with van der Waals surface area (Å²) in [5.41, 5.74) is 1.10. The lowest BCUT2D eigenvalue weighted by molar-refractivity contribution is 0.0168. The highest BCUT2D eigenvalue weighted by Crippen LogP contribution is 2.70. The van der Waals surface area contributed by atoms with Crippen molar-refractivity contribution in [3.8, 4) is 0 Å². The molecule has 1 heteroatoms. The van der Waals surface area contributed by atoms with Crippen LogP contribution in [0.5, 0.6) is 0 Å². The van der Waals surface area contributed by atoms with E-state index in [0.29, 0.717) is 10.8 Å². The monoisotopic (exact) mass is 236 g/mol. The number of hydrogen-bond acceptors (Lipinski definition) is 1. The quantitative estimate of drug-likeness (QED) is 0.729. The van der Waals surface area contributed by atoms with Crippen molar-refractivity contribution in [1.29, 1.82) is 0 Å². The number of hydrogen-bond donors (Lipinski definition) is 1. The van der Waals surface area contributed by atoms with Gasteiger partial charge >= 0.3 is 0 Å². The molecule has 0 saturated heterocycles. The third-order valence-electron chi connectivity index (χ3n) is 7.12. The summed E-state index contributed by atoms with van der Waals surface area (Å²) in [4.78, 5) is 0. The fourth-order valence-electron chi connectivity index (χ4n) is 5.54. The van der Waals surface area contributed by atoms with Gasteiger partial charge in [0.15, 0.2) is 0 Å². The van der Waals surface area contributed by atoms with Gasteiger partial charge in [0.1, 0.15) is 0 Å². The second-order valence-electron chi connectivity index (χ2n) is 7.80. The van der Waals surface area contributed by atoms with E-state index in [9.17, 15) is 5.11 Å². The minimum atomic E-state index is -0.000381. The molecule has 0 aromatic rings. The Morgan fingerprint density at radius 1 is 1.00 bits per heavy atom. The Morgan fingerprint density at radius 3 is 2.29 bits per heavy atom. The lowest BCUT2D eigenvalue weighted by Crippen LogP contribution is -2.38. The van der Waals surface area contributed by atoms with Crippen molar-refractivity contribution >= 4 is 0 Å². The standard InChI is InChI=1S/C16H28O/c1-15(2)12-7-8-16(15,3)14(10-12)11-5-4-6-13(17)9-11/h11-14,17H,4-10H2,1-3H3/t11?,12?,13?,14?,16-/m0/s1. The lowest BCUT2D eigenvalue weighted by Gasteiger charge is -2.44. The first-order chi connectivity index (χ1) is 7.95. The maximum absolute atomic E-state index is 9.92. The van der Waals surface area contributed by atoms with Crippen molar-refractivity contribution in [2.24, 2.45) is 28.6 Å². The fourth-order valence-corrected chi connectivity index (χ4v) is 5.54. The summed E-state index contributed by atoms with van der Waals surface area (Å²) in [6.45, 7) is 7.56. The molecule has 3 aliphatic rings. The molecule has 98 valence electrons. The van der Waals surface area contributed by atoms with E-state index in [0.717, 1.165) is 30.6 Å². The Kier molecular flexibility index (Phi) is 2.63. The minimum Gasteiger partial charge on any atom is -0.393 e. The molecule has 0 aliphatic heterocycles. The second kappa shape index (κ2) is 3.73.